The van der Waals surface area contributed by atoms with E-state index in [0.717, 1.165) is 0 Å². The number of methoxy groups -OCH3 is 1. The Bertz CT molecular complexity index is 1310. The van der Waals surface area contributed by atoms with Gasteiger partial charge in [-0.15, -0.1) is 0 Å². The van der Waals surface area contributed by atoms with Crippen LogP contribution in [-0.4, -0.2) is 50.9 Å². The van der Waals surface area contributed by atoms with Crippen LogP contribution in [0.3, 0.4) is 0 Å². The highest BCUT2D eigenvalue weighted by Crippen LogP contribution is 2.40. The van der Waals surface area contributed by atoms with Gasteiger partial charge in [0, 0.05) is 26.3 Å². The molecule has 35 heavy (non-hydrogen) atoms. The van der Waals surface area contributed by atoms with Crippen LogP contribution in [0.5, 0.6) is 11.5 Å². The van der Waals surface area contributed by atoms with E-state index >= 15 is 0 Å². The fourth-order valence-electron chi connectivity index (χ4n) is 3.58. The lowest BCUT2D eigenvalue weighted by atomic mass is 9.84. The highest BCUT2D eigenvalue weighted by atomic mass is 16.5. The maximum absolute atomic E-state index is 12.7. The van der Waals surface area contributed by atoms with Crippen LogP contribution in [0.15, 0.2) is 28.0 Å². The van der Waals surface area contributed by atoms with Crippen LogP contribution in [0.25, 0.3) is 0 Å². The number of aromatic nitrogens is 3. The molecule has 0 aliphatic carbocycles. The van der Waals surface area contributed by atoms with Crippen molar-refractivity contribution in [3.63, 3.8) is 0 Å². The minimum absolute atomic E-state index is 0.0174. The molecule has 0 aliphatic heterocycles. The number of nitrogens with one attached hydrogen (secondary N) is 2. The Kier molecular flexibility index (Phi) is 6.91. The number of pyridine rings is 1. The quantitative estimate of drug-likeness (QED) is 0.412. The number of rotatable bonds is 8. The van der Waals surface area contributed by atoms with Crippen molar-refractivity contribution < 1.29 is 14.6 Å². The molecule has 1 unspecified atom stereocenters. The average Bonchev–Trinajstić information content (AvgIpc) is 3.17. The number of aryl methyl sites for hydroxylation is 1. The standard InChI is InChI=1S/C24H32N6O5/c1-12(2)30(7)23(34)18-19(31)13(9-10-25-18)26-16-17(21(33)20(16)32)27-22(24(3,4)5)15-14(35-8)11-29(6)28-15/h9-12,22,27,31H,1-8H3,(H,25,26). The van der Waals surface area contributed by atoms with E-state index in [-0.39, 0.29) is 28.8 Å². The predicted octanol–water partition coefficient (Wildman–Crippen LogP) is 2.55. The summed E-state index contributed by atoms with van der Waals surface area (Å²) in [6, 6.07) is 0.832. The SMILES string of the molecule is COc1cn(C)nc1C(Nc1c(Nc2ccnc(C(=O)N(C)C(C)C)c2O)c(=O)c1=O)C(C)(C)C. The molecule has 11 heteroatoms. The molecular weight excluding hydrogens is 452 g/mol. The van der Waals surface area contributed by atoms with Gasteiger partial charge in [-0.05, 0) is 25.3 Å². The highest BCUT2D eigenvalue weighted by molar-refractivity contribution is 5.97. The van der Waals surface area contributed by atoms with Crippen molar-refractivity contribution in [3.8, 4) is 11.5 Å². The number of hydrogen-bond acceptors (Lipinski definition) is 9. The molecule has 0 saturated heterocycles. The topological polar surface area (TPSA) is 139 Å². The molecule has 2 heterocycles. The zero-order valence-corrected chi connectivity index (χ0v) is 21.3. The Labute approximate surface area is 203 Å². The van der Waals surface area contributed by atoms with Crippen molar-refractivity contribution in [2.24, 2.45) is 12.5 Å². The van der Waals surface area contributed by atoms with Crippen LogP contribution in [0, 0.1) is 5.41 Å². The zero-order chi connectivity index (χ0) is 26.2. The number of nitrogens with zero attached hydrogens (tertiary/aromatic N) is 4. The van der Waals surface area contributed by atoms with E-state index in [1.54, 1.807) is 25.0 Å². The van der Waals surface area contributed by atoms with E-state index in [2.05, 4.69) is 20.7 Å². The Morgan fingerprint density at radius 3 is 2.40 bits per heavy atom. The van der Waals surface area contributed by atoms with Crippen molar-refractivity contribution in [2.75, 3.05) is 24.8 Å². The van der Waals surface area contributed by atoms with Gasteiger partial charge in [0.05, 0.1) is 25.0 Å². The molecule has 0 bridgehead atoms. The Morgan fingerprint density at radius 1 is 1.20 bits per heavy atom. The van der Waals surface area contributed by atoms with Crippen LogP contribution in [0.4, 0.5) is 17.1 Å². The maximum atomic E-state index is 12.7. The van der Waals surface area contributed by atoms with E-state index in [0.29, 0.717) is 11.4 Å². The summed E-state index contributed by atoms with van der Waals surface area (Å²) < 4.78 is 7.06. The zero-order valence-electron chi connectivity index (χ0n) is 21.3. The van der Waals surface area contributed by atoms with Crippen LogP contribution in [0.2, 0.25) is 0 Å². The average molecular weight is 485 g/mol. The van der Waals surface area contributed by atoms with Crippen LogP contribution >= 0.6 is 0 Å². The molecule has 2 aromatic heterocycles. The molecule has 0 radical (unpaired) electrons. The van der Waals surface area contributed by atoms with Gasteiger partial charge < -0.3 is 25.4 Å². The summed E-state index contributed by atoms with van der Waals surface area (Å²) in [6.07, 6.45) is 3.07. The fourth-order valence-corrected chi connectivity index (χ4v) is 3.58. The first kappa shape index (κ1) is 25.7. The molecule has 0 spiro atoms. The molecule has 1 atom stereocenters. The number of carbonyl (C=O) groups is 1. The molecule has 0 saturated carbocycles. The minimum Gasteiger partial charge on any atom is -0.504 e. The van der Waals surface area contributed by atoms with Crippen molar-refractivity contribution in [1.29, 1.82) is 0 Å². The first-order valence-corrected chi connectivity index (χ1v) is 11.2. The highest BCUT2D eigenvalue weighted by Gasteiger charge is 2.35. The van der Waals surface area contributed by atoms with Crippen LogP contribution in [-0.2, 0) is 7.05 Å². The molecule has 1 amide bonds. The van der Waals surface area contributed by atoms with E-state index in [1.165, 1.54) is 24.3 Å². The summed E-state index contributed by atoms with van der Waals surface area (Å²) in [5, 5.41) is 21.2. The molecule has 11 nitrogen and oxygen atoms in total. The third-order valence-corrected chi connectivity index (χ3v) is 5.86. The second-order valence-electron chi connectivity index (χ2n) is 9.80. The van der Waals surface area contributed by atoms with Gasteiger partial charge in [0.25, 0.3) is 16.8 Å². The van der Waals surface area contributed by atoms with E-state index in [1.807, 2.05) is 34.6 Å². The Balaban J connectivity index is 1.98. The summed E-state index contributed by atoms with van der Waals surface area (Å²) in [7, 11) is 4.90. The predicted molar refractivity (Wildman–Crippen MR) is 133 cm³/mol. The van der Waals surface area contributed by atoms with Crippen LogP contribution in [0.1, 0.15) is 56.8 Å². The number of hydrogen-bond donors (Lipinski definition) is 3. The van der Waals surface area contributed by atoms with Gasteiger partial charge in [0.1, 0.15) is 17.1 Å². The molecule has 188 valence electrons. The van der Waals surface area contributed by atoms with Gasteiger partial charge in [-0.2, -0.15) is 5.10 Å². The van der Waals surface area contributed by atoms with Crippen molar-refractivity contribution in [1.82, 2.24) is 19.7 Å². The third-order valence-electron chi connectivity index (χ3n) is 5.86. The second-order valence-corrected chi connectivity index (χ2v) is 9.80. The normalized spacial score (nSPS) is 12.6. The summed E-state index contributed by atoms with van der Waals surface area (Å²) in [5.74, 6) is -0.348. The smallest absolute Gasteiger partial charge is 0.276 e. The van der Waals surface area contributed by atoms with Crippen LogP contribution < -0.4 is 26.2 Å². The molecule has 3 rings (SSSR count). The molecule has 3 aromatic rings. The maximum Gasteiger partial charge on any atom is 0.276 e. The Morgan fingerprint density at radius 2 is 1.83 bits per heavy atom. The molecule has 0 fully saturated rings. The molecule has 1 aromatic carbocycles. The Hall–Kier alpha value is -3.89. The largest absolute Gasteiger partial charge is 0.504 e. The molecule has 3 N–H and O–H groups in total. The lowest BCUT2D eigenvalue weighted by molar-refractivity contribution is 0.0746. The minimum atomic E-state index is -0.739. The van der Waals surface area contributed by atoms with Crippen molar-refractivity contribution in [3.05, 3.63) is 50.3 Å². The number of amides is 1. The van der Waals surface area contributed by atoms with Gasteiger partial charge in [0.2, 0.25) is 0 Å². The summed E-state index contributed by atoms with van der Waals surface area (Å²) in [6.45, 7) is 9.57. The van der Waals surface area contributed by atoms with E-state index in [9.17, 15) is 19.5 Å². The van der Waals surface area contributed by atoms with E-state index in [4.69, 9.17) is 4.74 Å². The molecule has 0 aliphatic rings. The summed E-state index contributed by atoms with van der Waals surface area (Å²) >= 11 is 0. The summed E-state index contributed by atoms with van der Waals surface area (Å²) in [4.78, 5) is 43.1. The number of carbonyl (C=O) groups excluding carboxylic acids is 1. The third kappa shape index (κ3) is 4.84. The van der Waals surface area contributed by atoms with Crippen molar-refractivity contribution in [2.45, 2.75) is 46.7 Å². The lowest BCUT2D eigenvalue weighted by Gasteiger charge is -2.32. The van der Waals surface area contributed by atoms with Gasteiger partial charge in [-0.25, -0.2) is 4.98 Å². The number of ether oxygens (including phenoxy) is 1. The lowest BCUT2D eigenvalue weighted by Crippen LogP contribution is -2.39. The first-order valence-electron chi connectivity index (χ1n) is 11.2. The monoisotopic (exact) mass is 484 g/mol. The van der Waals surface area contributed by atoms with Crippen molar-refractivity contribution >= 4 is 23.0 Å². The van der Waals surface area contributed by atoms with Gasteiger partial charge in [0.15, 0.2) is 17.2 Å². The fraction of sp³-hybridized carbons (Fsp3) is 0.458. The second kappa shape index (κ2) is 9.40. The van der Waals surface area contributed by atoms with E-state index < -0.39 is 34.0 Å². The number of anilines is 3. The first-order chi connectivity index (χ1) is 16.3. The molecular formula is C24H32N6O5. The summed E-state index contributed by atoms with van der Waals surface area (Å²) in [5.41, 5.74) is -1.31. The van der Waals surface area contributed by atoms with Gasteiger partial charge in [-0.3, -0.25) is 19.1 Å². The number of aromatic hydroxyl groups is 1. The van der Waals surface area contributed by atoms with Gasteiger partial charge >= 0.3 is 0 Å². The van der Waals surface area contributed by atoms with Gasteiger partial charge in [-0.1, -0.05) is 20.8 Å².